The highest BCUT2D eigenvalue weighted by molar-refractivity contribution is 5.04. The second-order valence-electron chi connectivity index (χ2n) is 4.53. The number of nitrogens with one attached hydrogen (secondary N) is 1. The summed E-state index contributed by atoms with van der Waals surface area (Å²) in [6.07, 6.45) is 1.34. The van der Waals surface area contributed by atoms with E-state index >= 15 is 0 Å². The Hall–Kier alpha value is -0.0800. The molecule has 0 aromatic heterocycles. The first-order valence-electron chi connectivity index (χ1n) is 5.37. The summed E-state index contributed by atoms with van der Waals surface area (Å²) in [7, 11) is 1.81. The Morgan fingerprint density at radius 3 is 2.69 bits per heavy atom. The standard InChI is InChI=1S/C11H23NO/c1-5-12-7-10-6-11(10,8-13-4)9(2)3/h9-10,12H,5-8H2,1-4H3. The molecule has 78 valence electrons. The molecule has 2 nitrogen and oxygen atoms in total. The lowest BCUT2D eigenvalue weighted by Gasteiger charge is -2.20. The van der Waals surface area contributed by atoms with E-state index in [0.717, 1.165) is 31.5 Å². The minimum Gasteiger partial charge on any atom is -0.384 e. The third kappa shape index (κ3) is 2.23. The molecule has 0 aromatic carbocycles. The molecule has 0 bridgehead atoms. The van der Waals surface area contributed by atoms with E-state index in [9.17, 15) is 0 Å². The Morgan fingerprint density at radius 1 is 1.54 bits per heavy atom. The van der Waals surface area contributed by atoms with Crippen molar-refractivity contribution in [3.63, 3.8) is 0 Å². The summed E-state index contributed by atoms with van der Waals surface area (Å²) < 4.78 is 5.31. The normalized spacial score (nSPS) is 32.5. The molecule has 2 heteroatoms. The van der Waals surface area contributed by atoms with Crippen LogP contribution in [-0.4, -0.2) is 26.8 Å². The SMILES string of the molecule is CCNCC1CC1(COC)C(C)C. The van der Waals surface area contributed by atoms with Crippen LogP contribution in [-0.2, 0) is 4.74 Å². The summed E-state index contributed by atoms with van der Waals surface area (Å²) >= 11 is 0. The lowest BCUT2D eigenvalue weighted by atomic mass is 9.90. The van der Waals surface area contributed by atoms with Gasteiger partial charge in [-0.05, 0) is 31.3 Å². The second-order valence-corrected chi connectivity index (χ2v) is 4.53. The summed E-state index contributed by atoms with van der Waals surface area (Å²) in [6.45, 7) is 9.96. The van der Waals surface area contributed by atoms with Crippen molar-refractivity contribution in [2.24, 2.45) is 17.3 Å². The first-order valence-corrected chi connectivity index (χ1v) is 5.37. The van der Waals surface area contributed by atoms with Gasteiger partial charge in [-0.15, -0.1) is 0 Å². The van der Waals surface area contributed by atoms with Gasteiger partial charge >= 0.3 is 0 Å². The fourth-order valence-electron chi connectivity index (χ4n) is 2.31. The van der Waals surface area contributed by atoms with Crippen LogP contribution >= 0.6 is 0 Å². The minimum atomic E-state index is 0.483. The van der Waals surface area contributed by atoms with Crippen LogP contribution in [0.1, 0.15) is 27.2 Å². The molecule has 1 aliphatic carbocycles. The zero-order valence-corrected chi connectivity index (χ0v) is 9.39. The molecule has 0 heterocycles. The average molecular weight is 185 g/mol. The second kappa shape index (κ2) is 4.43. The van der Waals surface area contributed by atoms with Crippen LogP contribution in [0.4, 0.5) is 0 Å². The van der Waals surface area contributed by atoms with Crippen LogP contribution in [0.15, 0.2) is 0 Å². The molecule has 1 N–H and O–H groups in total. The molecule has 2 unspecified atom stereocenters. The maximum Gasteiger partial charge on any atom is 0.0524 e. The number of methoxy groups -OCH3 is 1. The zero-order chi connectivity index (χ0) is 9.90. The van der Waals surface area contributed by atoms with Crippen LogP contribution in [0.25, 0.3) is 0 Å². The van der Waals surface area contributed by atoms with Crippen molar-refractivity contribution in [3.05, 3.63) is 0 Å². The zero-order valence-electron chi connectivity index (χ0n) is 9.39. The van der Waals surface area contributed by atoms with Crippen molar-refractivity contribution in [2.45, 2.75) is 27.2 Å². The molecular formula is C11H23NO. The smallest absolute Gasteiger partial charge is 0.0524 e. The fraction of sp³-hybridized carbons (Fsp3) is 1.00. The van der Waals surface area contributed by atoms with Gasteiger partial charge in [-0.3, -0.25) is 0 Å². The molecule has 0 aliphatic heterocycles. The van der Waals surface area contributed by atoms with Crippen LogP contribution in [0.3, 0.4) is 0 Å². The summed E-state index contributed by atoms with van der Waals surface area (Å²) in [6, 6.07) is 0. The van der Waals surface area contributed by atoms with E-state index in [1.165, 1.54) is 6.42 Å². The molecule has 1 saturated carbocycles. The van der Waals surface area contributed by atoms with E-state index in [4.69, 9.17) is 4.74 Å². The van der Waals surface area contributed by atoms with Crippen molar-refractivity contribution < 1.29 is 4.74 Å². The van der Waals surface area contributed by atoms with E-state index in [0.29, 0.717) is 5.41 Å². The van der Waals surface area contributed by atoms with E-state index < -0.39 is 0 Å². The molecule has 0 aromatic rings. The lowest BCUT2D eigenvalue weighted by Crippen LogP contribution is -2.25. The first-order chi connectivity index (χ1) is 6.17. The Balaban J connectivity index is 2.37. The molecule has 0 radical (unpaired) electrons. The van der Waals surface area contributed by atoms with Crippen molar-refractivity contribution in [1.29, 1.82) is 0 Å². The molecule has 2 atom stereocenters. The van der Waals surface area contributed by atoms with Gasteiger partial charge in [0.1, 0.15) is 0 Å². The number of hydrogen-bond donors (Lipinski definition) is 1. The number of rotatable bonds is 6. The van der Waals surface area contributed by atoms with Gasteiger partial charge in [-0.25, -0.2) is 0 Å². The highest BCUT2D eigenvalue weighted by Crippen LogP contribution is 2.57. The fourth-order valence-corrected chi connectivity index (χ4v) is 2.31. The van der Waals surface area contributed by atoms with Crippen molar-refractivity contribution >= 4 is 0 Å². The van der Waals surface area contributed by atoms with Gasteiger partial charge < -0.3 is 10.1 Å². The van der Waals surface area contributed by atoms with Gasteiger partial charge in [0.05, 0.1) is 6.61 Å². The Morgan fingerprint density at radius 2 is 2.23 bits per heavy atom. The van der Waals surface area contributed by atoms with E-state index in [2.05, 4.69) is 26.1 Å². The monoisotopic (exact) mass is 185 g/mol. The van der Waals surface area contributed by atoms with E-state index in [-0.39, 0.29) is 0 Å². The van der Waals surface area contributed by atoms with E-state index in [1.807, 2.05) is 7.11 Å². The number of ether oxygens (including phenoxy) is 1. The largest absolute Gasteiger partial charge is 0.384 e. The van der Waals surface area contributed by atoms with Crippen LogP contribution in [0.2, 0.25) is 0 Å². The summed E-state index contributed by atoms with van der Waals surface area (Å²) in [5.74, 6) is 1.59. The van der Waals surface area contributed by atoms with Gasteiger partial charge in [0.25, 0.3) is 0 Å². The van der Waals surface area contributed by atoms with Crippen molar-refractivity contribution in [2.75, 3.05) is 26.8 Å². The van der Waals surface area contributed by atoms with Crippen molar-refractivity contribution in [1.82, 2.24) is 5.32 Å². The highest BCUT2D eigenvalue weighted by atomic mass is 16.5. The molecule has 1 rings (SSSR count). The van der Waals surface area contributed by atoms with Crippen LogP contribution < -0.4 is 5.32 Å². The molecule has 1 fully saturated rings. The molecule has 1 aliphatic rings. The summed E-state index contributed by atoms with van der Waals surface area (Å²) in [4.78, 5) is 0. The molecule has 13 heavy (non-hydrogen) atoms. The molecule has 0 amide bonds. The first kappa shape index (κ1) is 11.0. The van der Waals surface area contributed by atoms with Gasteiger partial charge in [-0.2, -0.15) is 0 Å². The Kier molecular flexibility index (Phi) is 3.74. The summed E-state index contributed by atoms with van der Waals surface area (Å²) in [5.41, 5.74) is 0.483. The maximum atomic E-state index is 5.31. The third-order valence-corrected chi connectivity index (χ3v) is 3.48. The minimum absolute atomic E-state index is 0.483. The predicted octanol–water partition coefficient (Wildman–Crippen LogP) is 1.90. The molecule has 0 saturated heterocycles. The lowest BCUT2D eigenvalue weighted by molar-refractivity contribution is 0.104. The van der Waals surface area contributed by atoms with Gasteiger partial charge in [0, 0.05) is 12.5 Å². The quantitative estimate of drug-likeness (QED) is 0.682. The van der Waals surface area contributed by atoms with Crippen molar-refractivity contribution in [3.8, 4) is 0 Å². The van der Waals surface area contributed by atoms with Gasteiger partial charge in [0.15, 0.2) is 0 Å². The predicted molar refractivity (Wildman–Crippen MR) is 55.8 cm³/mol. The number of hydrogen-bond acceptors (Lipinski definition) is 2. The molecular weight excluding hydrogens is 162 g/mol. The Labute approximate surface area is 82.0 Å². The Bertz CT molecular complexity index is 158. The molecule has 0 spiro atoms. The maximum absolute atomic E-state index is 5.31. The van der Waals surface area contributed by atoms with Gasteiger partial charge in [0.2, 0.25) is 0 Å². The van der Waals surface area contributed by atoms with Crippen LogP contribution in [0, 0.1) is 17.3 Å². The summed E-state index contributed by atoms with van der Waals surface area (Å²) in [5, 5.41) is 3.42. The average Bonchev–Trinajstić information content (AvgIpc) is 2.77. The highest BCUT2D eigenvalue weighted by Gasteiger charge is 2.55. The topological polar surface area (TPSA) is 21.3 Å². The van der Waals surface area contributed by atoms with Crippen LogP contribution in [0.5, 0.6) is 0 Å². The van der Waals surface area contributed by atoms with E-state index in [1.54, 1.807) is 0 Å². The third-order valence-electron chi connectivity index (χ3n) is 3.48. The van der Waals surface area contributed by atoms with Gasteiger partial charge in [-0.1, -0.05) is 20.8 Å².